The topological polar surface area (TPSA) is 24.5 Å². The van der Waals surface area contributed by atoms with E-state index >= 15 is 0 Å². The third-order valence-corrected chi connectivity index (χ3v) is 1.85. The van der Waals surface area contributed by atoms with Crippen molar-refractivity contribution in [2.45, 2.75) is 6.30 Å². The van der Waals surface area contributed by atoms with Gasteiger partial charge in [-0.3, -0.25) is 10.3 Å². The molecule has 12 heavy (non-hydrogen) atoms. The summed E-state index contributed by atoms with van der Waals surface area (Å²) in [4.78, 5) is 4.75. The number of hydrogen-bond donors (Lipinski definition) is 1. The maximum Gasteiger partial charge on any atom is 0.222 e. The maximum atomic E-state index is 13.3. The Morgan fingerprint density at radius 3 is 2.92 bits per heavy atom. The normalized spacial score (nSPS) is 22.0. The van der Waals surface area contributed by atoms with Crippen LogP contribution in [0.25, 0.3) is 0 Å². The lowest BCUT2D eigenvalue weighted by Crippen LogP contribution is -2.24. The Labute approximate surface area is 69.7 Å². The summed E-state index contributed by atoms with van der Waals surface area (Å²) in [5.41, 5.74) is 4.14. The second-order valence-electron chi connectivity index (χ2n) is 2.54. The summed E-state index contributed by atoms with van der Waals surface area (Å²) in [6, 6.07) is 7.18. The second-order valence-corrected chi connectivity index (χ2v) is 2.54. The van der Waals surface area contributed by atoms with Gasteiger partial charge in [-0.05, 0) is 6.07 Å². The van der Waals surface area contributed by atoms with Crippen molar-refractivity contribution in [2.24, 2.45) is 0 Å². The van der Waals surface area contributed by atoms with Gasteiger partial charge in [0.15, 0.2) is 0 Å². The lowest BCUT2D eigenvalue weighted by molar-refractivity contribution is -0.171. The monoisotopic (exact) mass is 168 g/mol. The number of alkyl halides is 1. The van der Waals surface area contributed by atoms with Crippen LogP contribution in [0, 0.1) is 0 Å². The first-order chi connectivity index (χ1) is 5.83. The predicted molar refractivity (Wildman–Crippen MR) is 42.8 cm³/mol. The third-order valence-electron chi connectivity index (χ3n) is 1.85. The first kappa shape index (κ1) is 7.52. The molecule has 1 unspecified atom stereocenters. The number of nitrogens with one attached hydrogen (secondary N) is 1. The summed E-state index contributed by atoms with van der Waals surface area (Å²) in [5.74, 6) is 0. The van der Waals surface area contributed by atoms with Gasteiger partial charge in [-0.2, -0.15) is 0 Å². The van der Waals surface area contributed by atoms with E-state index < -0.39 is 6.30 Å². The molecular formula is C8H9FN2O. The molecule has 1 aliphatic rings. The fourth-order valence-electron chi connectivity index (χ4n) is 1.25. The highest BCUT2D eigenvalue weighted by Crippen LogP contribution is 2.35. The van der Waals surface area contributed by atoms with Gasteiger partial charge in [0.25, 0.3) is 0 Å². The highest BCUT2D eigenvalue weighted by Gasteiger charge is 2.29. The SMILES string of the molecule is CON1Nc2ccccc2C1F. The third kappa shape index (κ3) is 0.964. The smallest absolute Gasteiger partial charge is 0.222 e. The quantitative estimate of drug-likeness (QED) is 0.648. The average Bonchev–Trinajstić information content (AvgIpc) is 2.44. The van der Waals surface area contributed by atoms with Crippen LogP contribution in [-0.2, 0) is 4.84 Å². The molecule has 0 radical (unpaired) electrons. The highest BCUT2D eigenvalue weighted by molar-refractivity contribution is 5.54. The average molecular weight is 168 g/mol. The van der Waals surface area contributed by atoms with Crippen molar-refractivity contribution in [3.05, 3.63) is 29.8 Å². The van der Waals surface area contributed by atoms with E-state index in [1.54, 1.807) is 18.2 Å². The lowest BCUT2D eigenvalue weighted by Gasteiger charge is -2.14. The molecule has 0 amide bonds. The van der Waals surface area contributed by atoms with Crippen molar-refractivity contribution < 1.29 is 9.23 Å². The molecule has 3 nitrogen and oxygen atoms in total. The first-order valence-electron chi connectivity index (χ1n) is 3.66. The Hall–Kier alpha value is -1.13. The molecule has 0 fully saturated rings. The van der Waals surface area contributed by atoms with Gasteiger partial charge in [0.2, 0.25) is 6.30 Å². The molecule has 1 heterocycles. The highest BCUT2D eigenvalue weighted by atomic mass is 19.1. The summed E-state index contributed by atoms with van der Waals surface area (Å²) < 4.78 is 13.3. The summed E-state index contributed by atoms with van der Waals surface area (Å²) >= 11 is 0. The van der Waals surface area contributed by atoms with Gasteiger partial charge in [0.1, 0.15) is 0 Å². The fraction of sp³-hybridized carbons (Fsp3) is 0.250. The zero-order valence-electron chi connectivity index (χ0n) is 6.62. The van der Waals surface area contributed by atoms with E-state index in [0.29, 0.717) is 5.56 Å². The summed E-state index contributed by atoms with van der Waals surface area (Å²) in [7, 11) is 1.42. The van der Waals surface area contributed by atoms with Crippen molar-refractivity contribution in [3.8, 4) is 0 Å². The molecule has 1 aromatic carbocycles. The minimum absolute atomic E-state index is 0.611. The number of halogens is 1. The first-order valence-corrected chi connectivity index (χ1v) is 3.66. The standard InChI is InChI=1S/C8H9FN2O/c1-12-11-8(9)6-4-2-3-5-7(6)10-11/h2-5,8,10H,1H3. The van der Waals surface area contributed by atoms with E-state index in [2.05, 4.69) is 5.43 Å². The van der Waals surface area contributed by atoms with Gasteiger partial charge in [-0.25, -0.2) is 4.39 Å². The van der Waals surface area contributed by atoms with Crippen LogP contribution in [0.5, 0.6) is 0 Å². The number of hydroxylamine groups is 1. The number of anilines is 1. The van der Waals surface area contributed by atoms with E-state index in [-0.39, 0.29) is 0 Å². The summed E-state index contributed by atoms with van der Waals surface area (Å²) in [6.07, 6.45) is -1.22. The van der Waals surface area contributed by atoms with Crippen molar-refractivity contribution in [2.75, 3.05) is 12.5 Å². The lowest BCUT2D eigenvalue weighted by atomic mass is 10.2. The van der Waals surface area contributed by atoms with E-state index in [1.165, 1.54) is 7.11 Å². The van der Waals surface area contributed by atoms with Crippen molar-refractivity contribution in [3.63, 3.8) is 0 Å². The van der Waals surface area contributed by atoms with E-state index in [1.807, 2.05) is 6.07 Å². The molecule has 0 aliphatic carbocycles. The Balaban J connectivity index is 2.35. The van der Waals surface area contributed by atoms with Crippen LogP contribution < -0.4 is 5.43 Å². The van der Waals surface area contributed by atoms with Crippen LogP contribution in [0.15, 0.2) is 24.3 Å². The van der Waals surface area contributed by atoms with Crippen LogP contribution >= 0.6 is 0 Å². The van der Waals surface area contributed by atoms with Gasteiger partial charge < -0.3 is 0 Å². The molecule has 1 atom stereocenters. The van der Waals surface area contributed by atoms with Crippen LogP contribution in [0.1, 0.15) is 11.9 Å². The molecule has 1 N–H and O–H groups in total. The van der Waals surface area contributed by atoms with Crippen LogP contribution in [0.2, 0.25) is 0 Å². The zero-order valence-corrected chi connectivity index (χ0v) is 6.62. The Bertz CT molecular complexity index is 292. The largest absolute Gasteiger partial charge is 0.293 e. The summed E-state index contributed by atoms with van der Waals surface area (Å²) in [6.45, 7) is 0. The molecule has 1 aliphatic heterocycles. The van der Waals surface area contributed by atoms with Crippen molar-refractivity contribution >= 4 is 5.69 Å². The zero-order chi connectivity index (χ0) is 8.55. The van der Waals surface area contributed by atoms with Crippen LogP contribution in [0.4, 0.5) is 10.1 Å². The number of nitrogens with zero attached hydrogens (tertiary/aromatic N) is 1. The molecule has 64 valence electrons. The molecular weight excluding hydrogens is 159 g/mol. The van der Waals surface area contributed by atoms with Crippen molar-refractivity contribution in [1.29, 1.82) is 0 Å². The van der Waals surface area contributed by atoms with Gasteiger partial charge in [-0.1, -0.05) is 23.4 Å². The predicted octanol–water partition coefficient (Wildman–Crippen LogP) is 1.86. The maximum absolute atomic E-state index is 13.3. The van der Waals surface area contributed by atoms with E-state index in [9.17, 15) is 4.39 Å². The van der Waals surface area contributed by atoms with Crippen molar-refractivity contribution in [1.82, 2.24) is 5.17 Å². The summed E-state index contributed by atoms with van der Waals surface area (Å²) in [5, 5.41) is 1.07. The number of fused-ring (bicyclic) bond motifs is 1. The van der Waals surface area contributed by atoms with Crippen LogP contribution in [-0.4, -0.2) is 12.3 Å². The molecule has 0 aromatic heterocycles. The minimum Gasteiger partial charge on any atom is -0.293 e. The fourth-order valence-corrected chi connectivity index (χ4v) is 1.25. The number of benzene rings is 1. The molecule has 0 saturated heterocycles. The van der Waals surface area contributed by atoms with Crippen LogP contribution in [0.3, 0.4) is 0 Å². The number of hydrogen-bond acceptors (Lipinski definition) is 3. The number of rotatable bonds is 1. The Morgan fingerprint density at radius 1 is 1.50 bits per heavy atom. The van der Waals surface area contributed by atoms with Gasteiger partial charge in [-0.15, -0.1) is 0 Å². The molecule has 0 spiro atoms. The molecule has 2 rings (SSSR count). The molecule has 0 saturated carbocycles. The van der Waals surface area contributed by atoms with Gasteiger partial charge in [0.05, 0.1) is 12.8 Å². The van der Waals surface area contributed by atoms with E-state index in [0.717, 1.165) is 10.9 Å². The molecule has 1 aromatic rings. The Kier molecular flexibility index (Phi) is 1.71. The molecule has 4 heteroatoms. The minimum atomic E-state index is -1.22. The molecule has 0 bridgehead atoms. The Morgan fingerprint density at radius 2 is 2.25 bits per heavy atom. The number of hydrazine groups is 1. The van der Waals surface area contributed by atoms with Gasteiger partial charge in [0, 0.05) is 5.56 Å². The number of para-hydroxylation sites is 1. The van der Waals surface area contributed by atoms with E-state index in [4.69, 9.17) is 4.84 Å². The van der Waals surface area contributed by atoms with Gasteiger partial charge >= 0.3 is 0 Å². The second kappa shape index (κ2) is 2.73.